The van der Waals surface area contributed by atoms with Crippen LogP contribution in [0.4, 0.5) is 4.79 Å². The molecule has 2 unspecified atom stereocenters. The van der Waals surface area contributed by atoms with Crippen LogP contribution in [0.5, 0.6) is 0 Å². The number of hydrogen-bond donors (Lipinski definition) is 2. The van der Waals surface area contributed by atoms with E-state index in [0.29, 0.717) is 15.8 Å². The van der Waals surface area contributed by atoms with Crippen LogP contribution in [0.3, 0.4) is 0 Å². The van der Waals surface area contributed by atoms with Crippen molar-refractivity contribution >= 4 is 46.9 Å². The second kappa shape index (κ2) is 5.84. The normalized spacial score (nSPS) is 23.4. The third kappa shape index (κ3) is 3.22. The van der Waals surface area contributed by atoms with Gasteiger partial charge in [0.25, 0.3) is 5.91 Å². The number of carbonyl (C=O) groups is 2. The second-order valence-electron chi connectivity index (χ2n) is 4.87. The molecule has 2 N–H and O–H groups in total. The average molecular weight is 333 g/mol. The Labute approximate surface area is 131 Å². The van der Waals surface area contributed by atoms with Crippen LogP contribution >= 0.6 is 35.0 Å². The molecule has 7 heteroatoms. The molecule has 3 amide bonds. The Bertz CT molecular complexity index is 567. The number of hydrogen-bond acceptors (Lipinski definition) is 3. The molecule has 1 fully saturated rings. The zero-order valence-corrected chi connectivity index (χ0v) is 13.3. The molecule has 1 heterocycles. The van der Waals surface area contributed by atoms with Crippen molar-refractivity contribution in [3.63, 3.8) is 0 Å². The first-order valence-electron chi connectivity index (χ1n) is 6.02. The molecule has 108 valence electrons. The van der Waals surface area contributed by atoms with Crippen molar-refractivity contribution in [3.05, 3.63) is 33.8 Å². The predicted molar refractivity (Wildman–Crippen MR) is 82.4 cm³/mol. The maximum atomic E-state index is 11.7. The highest BCUT2D eigenvalue weighted by Gasteiger charge is 2.41. The summed E-state index contributed by atoms with van der Waals surface area (Å²) < 4.78 is 0. The Morgan fingerprint density at radius 3 is 2.55 bits per heavy atom. The van der Waals surface area contributed by atoms with Gasteiger partial charge in [-0.3, -0.25) is 10.1 Å². The molecule has 4 nitrogen and oxygen atoms in total. The van der Waals surface area contributed by atoms with Crippen LogP contribution in [0.2, 0.25) is 10.0 Å². The monoisotopic (exact) mass is 332 g/mol. The van der Waals surface area contributed by atoms with Gasteiger partial charge in [-0.1, -0.05) is 29.3 Å². The highest BCUT2D eigenvalue weighted by Crippen LogP contribution is 2.34. The van der Waals surface area contributed by atoms with Gasteiger partial charge in [-0.25, -0.2) is 4.79 Å². The molecule has 0 aliphatic carbocycles. The molecule has 2 atom stereocenters. The first-order valence-corrected chi connectivity index (χ1v) is 7.82. The van der Waals surface area contributed by atoms with Crippen molar-refractivity contribution in [3.8, 4) is 0 Å². The number of rotatable bonds is 4. The summed E-state index contributed by atoms with van der Waals surface area (Å²) in [5.41, 5.74) is 0.157. The van der Waals surface area contributed by atoms with Gasteiger partial charge in [0, 0.05) is 11.0 Å². The van der Waals surface area contributed by atoms with Crippen molar-refractivity contribution in [1.82, 2.24) is 10.6 Å². The van der Waals surface area contributed by atoms with Gasteiger partial charge in [0.05, 0.1) is 10.0 Å². The minimum atomic E-state index is -0.869. The van der Waals surface area contributed by atoms with Crippen molar-refractivity contribution in [2.24, 2.45) is 0 Å². The maximum Gasteiger partial charge on any atom is 0.322 e. The molecule has 1 aliphatic rings. The van der Waals surface area contributed by atoms with Gasteiger partial charge < -0.3 is 5.32 Å². The van der Waals surface area contributed by atoms with E-state index < -0.39 is 11.6 Å². The standard InChI is InChI=1S/C13H14Cl2N2O2S/c1-7(8-3-4-9(14)10(15)5-8)20-6-13(2)11(18)16-12(19)17-13/h3-5,7H,6H2,1-2H3,(H2,16,17,18,19). The van der Waals surface area contributed by atoms with E-state index in [1.807, 2.05) is 19.1 Å². The van der Waals surface area contributed by atoms with Gasteiger partial charge in [-0.05, 0) is 31.5 Å². The van der Waals surface area contributed by atoms with Crippen LogP contribution in [0, 0.1) is 0 Å². The van der Waals surface area contributed by atoms with Crippen molar-refractivity contribution < 1.29 is 9.59 Å². The Kier molecular flexibility index (Phi) is 4.52. The Hall–Kier alpha value is -0.910. The number of halogens is 2. The Balaban J connectivity index is 2.01. The molecule has 0 radical (unpaired) electrons. The summed E-state index contributed by atoms with van der Waals surface area (Å²) in [6.45, 7) is 3.73. The number of nitrogens with one attached hydrogen (secondary N) is 2. The number of imide groups is 1. The Morgan fingerprint density at radius 2 is 2.00 bits per heavy atom. The van der Waals surface area contributed by atoms with Gasteiger partial charge in [0.1, 0.15) is 5.54 Å². The summed E-state index contributed by atoms with van der Waals surface area (Å²) in [7, 11) is 0. The average Bonchev–Trinajstić information content (AvgIpc) is 2.64. The van der Waals surface area contributed by atoms with E-state index in [4.69, 9.17) is 23.2 Å². The number of amides is 3. The molecular formula is C13H14Cl2N2O2S. The smallest absolute Gasteiger partial charge is 0.322 e. The molecule has 0 spiro atoms. The lowest BCUT2D eigenvalue weighted by Gasteiger charge is -2.22. The summed E-state index contributed by atoms with van der Waals surface area (Å²) in [5, 5.41) is 6.04. The third-order valence-corrected chi connectivity index (χ3v) is 5.41. The van der Waals surface area contributed by atoms with Crippen LogP contribution in [0.15, 0.2) is 18.2 Å². The first kappa shape index (κ1) is 15.5. The van der Waals surface area contributed by atoms with Gasteiger partial charge >= 0.3 is 6.03 Å². The molecule has 1 aromatic rings. The molecule has 1 aliphatic heterocycles. The van der Waals surface area contributed by atoms with E-state index in [1.54, 1.807) is 24.8 Å². The maximum absolute atomic E-state index is 11.7. The van der Waals surface area contributed by atoms with Gasteiger partial charge in [-0.15, -0.1) is 0 Å². The lowest BCUT2D eigenvalue weighted by atomic mass is 10.1. The number of thioether (sulfide) groups is 1. The molecular weight excluding hydrogens is 319 g/mol. The summed E-state index contributed by atoms with van der Waals surface area (Å²) in [6.07, 6.45) is 0. The van der Waals surface area contributed by atoms with Crippen molar-refractivity contribution in [2.75, 3.05) is 5.75 Å². The van der Waals surface area contributed by atoms with Gasteiger partial charge in [0.2, 0.25) is 0 Å². The lowest BCUT2D eigenvalue weighted by molar-refractivity contribution is -0.122. The largest absolute Gasteiger partial charge is 0.323 e. The zero-order chi connectivity index (χ0) is 14.9. The highest BCUT2D eigenvalue weighted by atomic mass is 35.5. The van der Waals surface area contributed by atoms with Crippen LogP contribution in [0.1, 0.15) is 24.7 Å². The van der Waals surface area contributed by atoms with Gasteiger partial charge in [0.15, 0.2) is 0 Å². The van der Waals surface area contributed by atoms with E-state index in [0.717, 1.165) is 5.56 Å². The summed E-state index contributed by atoms with van der Waals surface area (Å²) in [6, 6.07) is 5.03. The fourth-order valence-electron chi connectivity index (χ4n) is 1.83. The fraction of sp³-hybridized carbons (Fsp3) is 0.385. The number of benzene rings is 1. The van der Waals surface area contributed by atoms with Crippen molar-refractivity contribution in [1.29, 1.82) is 0 Å². The van der Waals surface area contributed by atoms with Crippen LogP contribution in [-0.4, -0.2) is 23.2 Å². The second-order valence-corrected chi connectivity index (χ2v) is 7.01. The molecule has 0 bridgehead atoms. The third-order valence-electron chi connectivity index (χ3n) is 3.15. The first-order chi connectivity index (χ1) is 9.32. The molecule has 0 aromatic heterocycles. The van der Waals surface area contributed by atoms with E-state index in [1.165, 1.54) is 0 Å². The van der Waals surface area contributed by atoms with E-state index in [2.05, 4.69) is 10.6 Å². The van der Waals surface area contributed by atoms with Gasteiger partial charge in [-0.2, -0.15) is 11.8 Å². The number of urea groups is 1. The number of carbonyl (C=O) groups excluding carboxylic acids is 2. The SMILES string of the molecule is CC(SCC1(C)NC(=O)NC1=O)c1ccc(Cl)c(Cl)c1. The van der Waals surface area contributed by atoms with Crippen molar-refractivity contribution in [2.45, 2.75) is 24.6 Å². The van der Waals surface area contributed by atoms with E-state index in [9.17, 15) is 9.59 Å². The Morgan fingerprint density at radius 1 is 1.30 bits per heavy atom. The highest BCUT2D eigenvalue weighted by molar-refractivity contribution is 7.99. The minimum Gasteiger partial charge on any atom is -0.323 e. The van der Waals surface area contributed by atoms with Crippen LogP contribution < -0.4 is 10.6 Å². The molecule has 2 rings (SSSR count). The zero-order valence-electron chi connectivity index (χ0n) is 11.0. The summed E-state index contributed by atoms with van der Waals surface area (Å²) in [5.74, 6) is 0.183. The molecule has 0 saturated carbocycles. The quantitative estimate of drug-likeness (QED) is 0.831. The van der Waals surface area contributed by atoms with E-state index >= 15 is 0 Å². The molecule has 1 aromatic carbocycles. The lowest BCUT2D eigenvalue weighted by Crippen LogP contribution is -2.46. The fourth-order valence-corrected chi connectivity index (χ4v) is 3.27. The predicted octanol–water partition coefficient (Wildman–Crippen LogP) is 3.39. The summed E-state index contributed by atoms with van der Waals surface area (Å²) >= 11 is 13.4. The molecule has 20 heavy (non-hydrogen) atoms. The summed E-state index contributed by atoms with van der Waals surface area (Å²) in [4.78, 5) is 22.9. The van der Waals surface area contributed by atoms with Crippen LogP contribution in [0.25, 0.3) is 0 Å². The van der Waals surface area contributed by atoms with Crippen LogP contribution in [-0.2, 0) is 4.79 Å². The minimum absolute atomic E-state index is 0.131. The topological polar surface area (TPSA) is 58.2 Å². The van der Waals surface area contributed by atoms with E-state index in [-0.39, 0.29) is 11.2 Å². The molecule has 1 saturated heterocycles.